The average Bonchev–Trinajstić information content (AvgIpc) is 2.38. The van der Waals surface area contributed by atoms with Crippen molar-refractivity contribution in [2.75, 3.05) is 12.0 Å². The number of carbonyl (C=O) groups excluding carboxylic acids is 1. The molecule has 1 fully saturated rings. The lowest BCUT2D eigenvalue weighted by Crippen LogP contribution is -2.41. The molecule has 1 unspecified atom stereocenters. The van der Waals surface area contributed by atoms with Gasteiger partial charge in [-0.15, -0.1) is 0 Å². The first-order chi connectivity index (χ1) is 8.58. The summed E-state index contributed by atoms with van der Waals surface area (Å²) in [7, 11) is 0. The Morgan fingerprint density at radius 3 is 2.28 bits per heavy atom. The van der Waals surface area contributed by atoms with Gasteiger partial charge in [-0.2, -0.15) is 11.8 Å². The zero-order chi connectivity index (χ0) is 13.5. The van der Waals surface area contributed by atoms with Gasteiger partial charge in [-0.25, -0.2) is 0 Å². The number of hydrogen-bond donors (Lipinski definition) is 2. The van der Waals surface area contributed by atoms with Crippen LogP contribution in [0.1, 0.15) is 39.0 Å². The maximum atomic E-state index is 12.1. The highest BCUT2D eigenvalue weighted by Crippen LogP contribution is 2.29. The summed E-state index contributed by atoms with van der Waals surface area (Å²) >= 11 is 1.73. The first kappa shape index (κ1) is 15.3. The topological polar surface area (TPSA) is 66.4 Å². The van der Waals surface area contributed by atoms with Gasteiger partial charge in [0.1, 0.15) is 0 Å². The monoisotopic (exact) mass is 273 g/mol. The molecule has 1 aliphatic rings. The highest BCUT2D eigenvalue weighted by molar-refractivity contribution is 7.98. The van der Waals surface area contributed by atoms with E-state index in [9.17, 15) is 9.59 Å². The van der Waals surface area contributed by atoms with Crippen LogP contribution in [0.3, 0.4) is 0 Å². The molecule has 1 atom stereocenters. The Kier molecular flexibility index (Phi) is 6.54. The quantitative estimate of drug-likeness (QED) is 0.778. The van der Waals surface area contributed by atoms with Crippen LogP contribution < -0.4 is 5.32 Å². The van der Waals surface area contributed by atoms with Gasteiger partial charge in [0.2, 0.25) is 5.91 Å². The summed E-state index contributed by atoms with van der Waals surface area (Å²) < 4.78 is 0. The normalized spacial score (nSPS) is 25.4. The van der Waals surface area contributed by atoms with Gasteiger partial charge in [-0.05, 0) is 38.4 Å². The van der Waals surface area contributed by atoms with Crippen LogP contribution in [0.15, 0.2) is 0 Å². The maximum absolute atomic E-state index is 12.1. The lowest BCUT2D eigenvalue weighted by Gasteiger charge is -2.27. The number of carboxylic acids is 1. The second-order valence-electron chi connectivity index (χ2n) is 4.96. The van der Waals surface area contributed by atoms with Crippen LogP contribution in [0, 0.1) is 11.8 Å². The minimum absolute atomic E-state index is 0.0107. The third-order valence-corrected chi connectivity index (χ3v) is 4.39. The van der Waals surface area contributed by atoms with Gasteiger partial charge >= 0.3 is 5.97 Å². The van der Waals surface area contributed by atoms with E-state index in [1.807, 2.05) is 6.26 Å². The molecule has 0 spiro atoms. The van der Waals surface area contributed by atoms with E-state index < -0.39 is 5.97 Å². The van der Waals surface area contributed by atoms with Crippen molar-refractivity contribution in [1.29, 1.82) is 0 Å². The minimum atomic E-state index is -0.720. The second kappa shape index (κ2) is 7.67. The fourth-order valence-corrected chi connectivity index (χ4v) is 3.11. The van der Waals surface area contributed by atoms with E-state index in [4.69, 9.17) is 5.11 Å². The number of hydrogen-bond acceptors (Lipinski definition) is 3. The van der Waals surface area contributed by atoms with Crippen molar-refractivity contribution in [3.8, 4) is 0 Å². The summed E-state index contributed by atoms with van der Waals surface area (Å²) in [4.78, 5) is 22.9. The van der Waals surface area contributed by atoms with Crippen LogP contribution in [0.2, 0.25) is 0 Å². The molecule has 0 aromatic carbocycles. The van der Waals surface area contributed by atoms with Crippen molar-refractivity contribution in [3.63, 3.8) is 0 Å². The summed E-state index contributed by atoms with van der Waals surface area (Å²) in [5.74, 6) is 0.0910. The summed E-state index contributed by atoms with van der Waals surface area (Å²) in [6.45, 7) is 2.07. The summed E-state index contributed by atoms with van der Waals surface area (Å²) in [6.07, 6.45) is 5.65. The molecule has 104 valence electrons. The van der Waals surface area contributed by atoms with Gasteiger partial charge in [0.15, 0.2) is 0 Å². The van der Waals surface area contributed by atoms with E-state index in [1.165, 1.54) is 0 Å². The molecule has 1 saturated carbocycles. The molecule has 18 heavy (non-hydrogen) atoms. The first-order valence-corrected chi connectivity index (χ1v) is 8.00. The molecule has 4 nitrogen and oxygen atoms in total. The number of nitrogens with one attached hydrogen (secondary N) is 1. The molecule has 0 aromatic rings. The van der Waals surface area contributed by atoms with Gasteiger partial charge < -0.3 is 10.4 Å². The largest absolute Gasteiger partial charge is 0.481 e. The number of aliphatic carboxylic acids is 1. The fraction of sp³-hybridized carbons (Fsp3) is 0.846. The maximum Gasteiger partial charge on any atom is 0.306 e. The predicted octanol–water partition coefficient (Wildman–Crippen LogP) is 2.14. The van der Waals surface area contributed by atoms with E-state index in [-0.39, 0.29) is 23.8 Å². The van der Waals surface area contributed by atoms with Gasteiger partial charge in [-0.1, -0.05) is 6.92 Å². The Hall–Kier alpha value is -0.710. The lowest BCUT2D eigenvalue weighted by molar-refractivity contribution is -0.144. The van der Waals surface area contributed by atoms with Crippen molar-refractivity contribution in [3.05, 3.63) is 0 Å². The molecule has 0 radical (unpaired) electrons. The van der Waals surface area contributed by atoms with E-state index in [1.54, 1.807) is 11.8 Å². The summed E-state index contributed by atoms with van der Waals surface area (Å²) in [5.41, 5.74) is 0. The Morgan fingerprint density at radius 1 is 1.28 bits per heavy atom. The molecular formula is C13H23NO3S. The molecule has 0 saturated heterocycles. The molecule has 5 heteroatoms. The predicted molar refractivity (Wildman–Crippen MR) is 73.7 cm³/mol. The molecule has 0 heterocycles. The SMILES string of the molecule is CCC(CSC)NC(=O)C1CCC(C(=O)O)CC1. The third kappa shape index (κ3) is 4.52. The average molecular weight is 273 g/mol. The number of carboxylic acid groups (broad SMARTS) is 1. The van der Waals surface area contributed by atoms with Crippen LogP contribution in [0.4, 0.5) is 0 Å². The van der Waals surface area contributed by atoms with E-state index in [2.05, 4.69) is 12.2 Å². The second-order valence-corrected chi connectivity index (χ2v) is 5.87. The highest BCUT2D eigenvalue weighted by Gasteiger charge is 2.30. The van der Waals surface area contributed by atoms with Crippen molar-refractivity contribution in [2.24, 2.45) is 11.8 Å². The number of rotatable bonds is 6. The van der Waals surface area contributed by atoms with E-state index in [0.717, 1.165) is 12.2 Å². The van der Waals surface area contributed by atoms with Crippen molar-refractivity contribution in [2.45, 2.75) is 45.1 Å². The Morgan fingerprint density at radius 2 is 1.83 bits per heavy atom. The standard InChI is InChI=1S/C13H23NO3S/c1-3-11(8-18-2)14-12(15)9-4-6-10(7-5-9)13(16)17/h9-11H,3-8H2,1-2H3,(H,14,15)(H,16,17). The van der Waals surface area contributed by atoms with Gasteiger partial charge in [0.05, 0.1) is 5.92 Å². The molecule has 1 amide bonds. The molecular weight excluding hydrogens is 250 g/mol. The van der Waals surface area contributed by atoms with Crippen LogP contribution in [0.5, 0.6) is 0 Å². The molecule has 1 rings (SSSR count). The third-order valence-electron chi connectivity index (χ3n) is 3.65. The minimum Gasteiger partial charge on any atom is -0.481 e. The van der Waals surface area contributed by atoms with Crippen molar-refractivity contribution in [1.82, 2.24) is 5.32 Å². The van der Waals surface area contributed by atoms with Crippen LogP contribution in [-0.2, 0) is 9.59 Å². The Labute approximate surface area is 113 Å². The van der Waals surface area contributed by atoms with Gasteiger partial charge in [0, 0.05) is 17.7 Å². The molecule has 0 aromatic heterocycles. The summed E-state index contributed by atoms with van der Waals surface area (Å²) in [6, 6.07) is 0.240. The van der Waals surface area contributed by atoms with Crippen LogP contribution in [0.25, 0.3) is 0 Å². The lowest BCUT2D eigenvalue weighted by atomic mass is 9.81. The molecule has 0 aliphatic heterocycles. The van der Waals surface area contributed by atoms with Crippen LogP contribution in [-0.4, -0.2) is 35.0 Å². The smallest absolute Gasteiger partial charge is 0.306 e. The number of amides is 1. The van der Waals surface area contributed by atoms with E-state index >= 15 is 0 Å². The first-order valence-electron chi connectivity index (χ1n) is 6.60. The van der Waals surface area contributed by atoms with Crippen LogP contribution >= 0.6 is 11.8 Å². The van der Waals surface area contributed by atoms with Gasteiger partial charge in [-0.3, -0.25) is 9.59 Å². The highest BCUT2D eigenvalue weighted by atomic mass is 32.2. The molecule has 2 N–H and O–H groups in total. The molecule has 1 aliphatic carbocycles. The Bertz CT molecular complexity index is 288. The van der Waals surface area contributed by atoms with Crippen molar-refractivity contribution >= 4 is 23.6 Å². The fourth-order valence-electron chi connectivity index (χ4n) is 2.38. The Balaban J connectivity index is 2.37. The number of carbonyl (C=O) groups is 2. The summed E-state index contributed by atoms with van der Waals surface area (Å²) in [5, 5.41) is 12.0. The van der Waals surface area contributed by atoms with Crippen molar-refractivity contribution < 1.29 is 14.7 Å². The van der Waals surface area contributed by atoms with Gasteiger partial charge in [0.25, 0.3) is 0 Å². The zero-order valence-electron chi connectivity index (χ0n) is 11.1. The number of thioether (sulfide) groups is 1. The zero-order valence-corrected chi connectivity index (χ0v) is 12.0. The van der Waals surface area contributed by atoms with E-state index in [0.29, 0.717) is 25.7 Å². The molecule has 0 bridgehead atoms.